The van der Waals surface area contributed by atoms with Crippen molar-refractivity contribution in [1.82, 2.24) is 20.3 Å². The molecule has 0 saturated heterocycles. The first-order valence-corrected chi connectivity index (χ1v) is 11.0. The molecule has 33 heavy (non-hydrogen) atoms. The van der Waals surface area contributed by atoms with Crippen LogP contribution in [0.3, 0.4) is 0 Å². The molecule has 6 nitrogen and oxygen atoms in total. The summed E-state index contributed by atoms with van der Waals surface area (Å²) in [4.78, 5) is 25.8. The second kappa shape index (κ2) is 13.4. The Morgan fingerprint density at radius 2 is 1.97 bits per heavy atom. The van der Waals surface area contributed by atoms with Gasteiger partial charge in [0.25, 0.3) is 5.91 Å². The summed E-state index contributed by atoms with van der Waals surface area (Å²) in [5, 5.41) is 6.16. The van der Waals surface area contributed by atoms with Crippen molar-refractivity contribution in [3.63, 3.8) is 0 Å². The van der Waals surface area contributed by atoms with Gasteiger partial charge in [-0.1, -0.05) is 51.6 Å². The Morgan fingerprint density at radius 1 is 1.15 bits per heavy atom. The summed E-state index contributed by atoms with van der Waals surface area (Å²) < 4.78 is 0. The number of hydrogen-bond donors (Lipinski definition) is 2. The van der Waals surface area contributed by atoms with Crippen LogP contribution in [0, 0.1) is 0 Å². The molecule has 2 aromatic heterocycles. The molecule has 1 amide bonds. The largest absolute Gasteiger partial charge is 0.324 e. The molecule has 0 aliphatic heterocycles. The number of allylic oxidation sites excluding steroid dienone is 4. The van der Waals surface area contributed by atoms with Crippen molar-refractivity contribution >= 4 is 17.5 Å². The predicted molar refractivity (Wildman–Crippen MR) is 136 cm³/mol. The predicted octanol–water partition coefficient (Wildman–Crippen LogP) is 6.25. The number of aryl methyl sites for hydroxylation is 1. The molecule has 0 unspecified atom stereocenters. The van der Waals surface area contributed by atoms with E-state index in [0.29, 0.717) is 17.2 Å². The number of rotatable bonds is 8. The maximum atomic E-state index is 12.7. The van der Waals surface area contributed by atoms with Crippen molar-refractivity contribution in [2.45, 2.75) is 34.1 Å². The molecule has 0 radical (unpaired) electrons. The Kier molecular flexibility index (Phi) is 10.2. The second-order valence-electron chi connectivity index (χ2n) is 6.65. The zero-order valence-electron chi connectivity index (χ0n) is 19.7. The smallest absolute Gasteiger partial charge is 0.255 e. The van der Waals surface area contributed by atoms with E-state index in [1.165, 1.54) is 0 Å². The quantitative estimate of drug-likeness (QED) is 0.404. The lowest BCUT2D eigenvalue weighted by molar-refractivity contribution is 0.0967. The molecular weight excluding hydrogens is 410 g/mol. The molecule has 0 atom stereocenters. The minimum atomic E-state index is -0.197. The van der Waals surface area contributed by atoms with Gasteiger partial charge in [-0.05, 0) is 55.3 Å². The molecule has 0 saturated carbocycles. The zero-order valence-corrected chi connectivity index (χ0v) is 19.7. The molecule has 0 bridgehead atoms. The summed E-state index contributed by atoms with van der Waals surface area (Å²) in [5.41, 5.74) is 4.76. The van der Waals surface area contributed by atoms with E-state index in [4.69, 9.17) is 0 Å². The minimum absolute atomic E-state index is 0.197. The molecule has 2 N–H and O–H groups in total. The number of nitrogens with zero attached hydrogens (tertiary/aromatic N) is 3. The number of aromatic nitrogens is 3. The number of nitrogens with one attached hydrogen (secondary N) is 2. The highest BCUT2D eigenvalue weighted by molar-refractivity contribution is 5.96. The summed E-state index contributed by atoms with van der Waals surface area (Å²) in [6, 6.07) is 11.2. The van der Waals surface area contributed by atoms with E-state index in [-0.39, 0.29) is 5.91 Å². The van der Waals surface area contributed by atoms with E-state index >= 15 is 0 Å². The lowest BCUT2D eigenvalue weighted by atomic mass is 10.1. The number of pyridine rings is 1. The van der Waals surface area contributed by atoms with Gasteiger partial charge in [-0.15, -0.1) is 0 Å². The van der Waals surface area contributed by atoms with Crippen LogP contribution in [0.2, 0.25) is 0 Å². The fourth-order valence-electron chi connectivity index (χ4n) is 2.94. The number of carbonyl (C=O) groups excluding carboxylic acids is 1. The minimum Gasteiger partial charge on any atom is -0.324 e. The average Bonchev–Trinajstić information content (AvgIpc) is 2.88. The summed E-state index contributed by atoms with van der Waals surface area (Å²) in [6.45, 7) is 11.6. The van der Waals surface area contributed by atoms with E-state index in [2.05, 4.69) is 39.1 Å². The molecule has 0 aliphatic rings. The standard InChI is InChI=1S/C25H25N5O.C2H6/c1-4-7-10-21(6-3)28-24(31)19-12-11-18(5-2)23(16-19)30-25-27-15-13-22(29-25)20-9-8-14-26-17-20;1-2/h4,6-17H,1,5H2,2-3H3,(H,28,31)(H,27,29,30);1-2H3/b10-7-,21-6+;. The molecule has 3 rings (SSSR count). The number of benzene rings is 1. The molecular formula is C27H31N5O. The highest BCUT2D eigenvalue weighted by Crippen LogP contribution is 2.23. The van der Waals surface area contributed by atoms with Crippen LogP contribution in [0.4, 0.5) is 11.6 Å². The SMILES string of the molecule is C=C/C=C\C(=C/C)NC(=O)c1ccc(CC)c(Nc2nccc(-c3cccnc3)n2)c1.CC. The van der Waals surface area contributed by atoms with Gasteiger partial charge in [0.2, 0.25) is 5.95 Å². The van der Waals surface area contributed by atoms with Crippen LogP contribution < -0.4 is 10.6 Å². The van der Waals surface area contributed by atoms with Crippen molar-refractivity contribution in [2.75, 3.05) is 5.32 Å². The third-order valence-electron chi connectivity index (χ3n) is 4.59. The molecule has 170 valence electrons. The molecule has 0 aliphatic carbocycles. The normalized spacial score (nSPS) is 10.8. The summed E-state index contributed by atoms with van der Waals surface area (Å²) >= 11 is 0. The van der Waals surface area contributed by atoms with Gasteiger partial charge in [0, 0.05) is 41.1 Å². The van der Waals surface area contributed by atoms with Crippen molar-refractivity contribution in [3.05, 3.63) is 103 Å². The van der Waals surface area contributed by atoms with Crippen LogP contribution in [-0.4, -0.2) is 20.9 Å². The average molecular weight is 442 g/mol. The van der Waals surface area contributed by atoms with E-state index in [9.17, 15) is 4.79 Å². The molecule has 0 fully saturated rings. The van der Waals surface area contributed by atoms with Crippen LogP contribution >= 0.6 is 0 Å². The highest BCUT2D eigenvalue weighted by Gasteiger charge is 2.11. The Morgan fingerprint density at radius 3 is 2.64 bits per heavy atom. The van der Waals surface area contributed by atoms with Gasteiger partial charge in [0.1, 0.15) is 0 Å². The monoisotopic (exact) mass is 441 g/mol. The van der Waals surface area contributed by atoms with Gasteiger partial charge >= 0.3 is 0 Å². The lowest BCUT2D eigenvalue weighted by Gasteiger charge is -2.13. The van der Waals surface area contributed by atoms with Crippen LogP contribution in [0.15, 0.2) is 91.6 Å². The molecule has 0 spiro atoms. The van der Waals surface area contributed by atoms with Gasteiger partial charge in [0.05, 0.1) is 5.69 Å². The van der Waals surface area contributed by atoms with Crippen molar-refractivity contribution in [2.24, 2.45) is 0 Å². The highest BCUT2D eigenvalue weighted by atomic mass is 16.1. The molecule has 3 aromatic rings. The fourth-order valence-corrected chi connectivity index (χ4v) is 2.94. The Balaban J connectivity index is 0.00000187. The number of amides is 1. The van der Waals surface area contributed by atoms with E-state index < -0.39 is 0 Å². The first-order valence-electron chi connectivity index (χ1n) is 11.0. The van der Waals surface area contributed by atoms with Gasteiger partial charge in [-0.25, -0.2) is 9.97 Å². The van der Waals surface area contributed by atoms with Crippen molar-refractivity contribution in [1.29, 1.82) is 0 Å². The maximum Gasteiger partial charge on any atom is 0.255 e. The Bertz CT molecular complexity index is 1120. The van der Waals surface area contributed by atoms with Gasteiger partial charge in [-0.2, -0.15) is 0 Å². The topological polar surface area (TPSA) is 79.8 Å². The second-order valence-corrected chi connectivity index (χ2v) is 6.65. The molecule has 1 aromatic carbocycles. The van der Waals surface area contributed by atoms with Crippen LogP contribution in [0.1, 0.15) is 43.6 Å². The fraction of sp³-hybridized carbons (Fsp3) is 0.185. The number of hydrogen-bond acceptors (Lipinski definition) is 5. The number of anilines is 2. The van der Waals surface area contributed by atoms with Crippen molar-refractivity contribution in [3.8, 4) is 11.3 Å². The third kappa shape index (κ3) is 7.25. The third-order valence-corrected chi connectivity index (χ3v) is 4.59. The van der Waals surface area contributed by atoms with Gasteiger partial charge in [-0.3, -0.25) is 9.78 Å². The van der Waals surface area contributed by atoms with Gasteiger partial charge < -0.3 is 10.6 Å². The Labute approximate surface area is 196 Å². The van der Waals surface area contributed by atoms with Crippen LogP contribution in [0.5, 0.6) is 0 Å². The summed E-state index contributed by atoms with van der Waals surface area (Å²) in [7, 11) is 0. The van der Waals surface area contributed by atoms with E-state index in [1.807, 2.05) is 63.2 Å². The Hall–Kier alpha value is -4.06. The first-order chi connectivity index (χ1) is 16.1. The van der Waals surface area contributed by atoms with Gasteiger partial charge in [0.15, 0.2) is 0 Å². The first kappa shape index (κ1) is 25.2. The van der Waals surface area contributed by atoms with Crippen LogP contribution in [-0.2, 0) is 6.42 Å². The maximum absolute atomic E-state index is 12.7. The van der Waals surface area contributed by atoms with Crippen LogP contribution in [0.25, 0.3) is 11.3 Å². The zero-order chi connectivity index (χ0) is 24.1. The number of carbonyl (C=O) groups is 1. The van der Waals surface area contributed by atoms with E-state index in [1.54, 1.807) is 36.8 Å². The summed E-state index contributed by atoms with van der Waals surface area (Å²) in [5.74, 6) is 0.259. The lowest BCUT2D eigenvalue weighted by Crippen LogP contribution is -2.22. The van der Waals surface area contributed by atoms with Crippen molar-refractivity contribution < 1.29 is 4.79 Å². The van der Waals surface area contributed by atoms with E-state index in [0.717, 1.165) is 28.9 Å². The summed E-state index contributed by atoms with van der Waals surface area (Å²) in [6.07, 6.45) is 13.0. The molecule has 2 heterocycles. The molecule has 6 heteroatoms.